The summed E-state index contributed by atoms with van der Waals surface area (Å²) in [5.74, 6) is 13.2. The van der Waals surface area contributed by atoms with Crippen LogP contribution in [0.25, 0.3) is 0 Å². The van der Waals surface area contributed by atoms with E-state index < -0.39 is 0 Å². The molecule has 0 saturated carbocycles. The number of para-hydroxylation sites is 2. The molecule has 0 heterocycles. The van der Waals surface area contributed by atoms with Gasteiger partial charge in [0.05, 0.1) is 22.8 Å². The summed E-state index contributed by atoms with van der Waals surface area (Å²) in [5, 5.41) is 0. The Hall–Kier alpha value is -3.10. The van der Waals surface area contributed by atoms with Crippen LogP contribution in [0.4, 0.5) is 11.4 Å². The van der Waals surface area contributed by atoms with Crippen molar-refractivity contribution in [3.05, 3.63) is 59.7 Å². The van der Waals surface area contributed by atoms with Crippen LogP contribution >= 0.6 is 0 Å². The second kappa shape index (κ2) is 19.9. The Kier molecular flexibility index (Phi) is 16.3. The molecule has 2 rings (SSSR count). The first-order chi connectivity index (χ1) is 18.7. The van der Waals surface area contributed by atoms with E-state index in [4.69, 9.17) is 9.98 Å². The Morgan fingerprint density at radius 1 is 0.526 bits per heavy atom. The normalized spacial score (nSPS) is 11.5. The highest BCUT2D eigenvalue weighted by molar-refractivity contribution is 6.43. The smallest absolute Gasteiger partial charge is 0.0666 e. The number of nitrogens with zero attached hydrogens (tertiary/aromatic N) is 2. The molecule has 0 unspecified atom stereocenters. The molecule has 0 radical (unpaired) electrons. The van der Waals surface area contributed by atoms with Gasteiger partial charge in [-0.05, 0) is 74.6 Å². The summed E-state index contributed by atoms with van der Waals surface area (Å²) in [4.78, 5) is 10.6. The van der Waals surface area contributed by atoms with E-state index in [0.717, 1.165) is 113 Å². The highest BCUT2D eigenvalue weighted by atomic mass is 14.8. The van der Waals surface area contributed by atoms with Crippen molar-refractivity contribution in [2.24, 2.45) is 9.98 Å². The summed E-state index contributed by atoms with van der Waals surface area (Å²) < 4.78 is 0. The largest absolute Gasteiger partial charge is 0.251 e. The van der Waals surface area contributed by atoms with Crippen LogP contribution in [0.3, 0.4) is 0 Å². The molecule has 0 amide bonds. The minimum atomic E-state index is 0.877. The molecule has 0 saturated heterocycles. The van der Waals surface area contributed by atoms with E-state index in [1.165, 1.54) is 11.1 Å². The van der Waals surface area contributed by atoms with Crippen molar-refractivity contribution in [3.63, 3.8) is 0 Å². The van der Waals surface area contributed by atoms with Crippen molar-refractivity contribution >= 4 is 22.8 Å². The van der Waals surface area contributed by atoms with Gasteiger partial charge in [-0.15, -0.1) is 23.7 Å². The van der Waals surface area contributed by atoms with Gasteiger partial charge >= 0.3 is 0 Å². The molecule has 0 aromatic heterocycles. The first-order valence-electron chi connectivity index (χ1n) is 15.0. The van der Waals surface area contributed by atoms with Crippen molar-refractivity contribution < 1.29 is 0 Å². The first-order valence-corrected chi connectivity index (χ1v) is 15.0. The summed E-state index contributed by atoms with van der Waals surface area (Å²) in [6.07, 6.45) is 14.2. The number of benzene rings is 2. The highest BCUT2D eigenvalue weighted by Gasteiger charge is 2.12. The van der Waals surface area contributed by atoms with Crippen LogP contribution in [0.15, 0.2) is 58.5 Å². The molecule has 2 heteroatoms. The Morgan fingerprint density at radius 2 is 0.921 bits per heavy atom. The molecule has 38 heavy (non-hydrogen) atoms. The number of aliphatic imine (C=N–C) groups is 2. The van der Waals surface area contributed by atoms with Crippen LogP contribution in [0.5, 0.6) is 0 Å². The van der Waals surface area contributed by atoms with Gasteiger partial charge in [0.1, 0.15) is 0 Å². The molecule has 0 aliphatic carbocycles. The fourth-order valence-electron chi connectivity index (χ4n) is 4.17. The quantitative estimate of drug-likeness (QED) is 0.169. The van der Waals surface area contributed by atoms with Gasteiger partial charge in [-0.3, -0.25) is 9.98 Å². The molecule has 2 nitrogen and oxygen atoms in total. The Morgan fingerprint density at radius 3 is 1.32 bits per heavy atom. The molecular weight excluding hydrogens is 460 g/mol. The first kappa shape index (κ1) is 31.1. The van der Waals surface area contributed by atoms with E-state index in [9.17, 15) is 0 Å². The number of unbranched alkanes of at least 4 members (excludes halogenated alkanes) is 4. The molecule has 0 spiro atoms. The summed E-state index contributed by atoms with van der Waals surface area (Å²) in [7, 11) is 0. The fraction of sp³-hybridized carbons (Fsp3) is 0.500. The highest BCUT2D eigenvalue weighted by Crippen LogP contribution is 2.25. The molecule has 0 bridgehead atoms. The summed E-state index contributed by atoms with van der Waals surface area (Å²) in [6.45, 7) is 8.85. The predicted octanol–water partition coefficient (Wildman–Crippen LogP) is 10.4. The van der Waals surface area contributed by atoms with Crippen LogP contribution in [0.2, 0.25) is 0 Å². The van der Waals surface area contributed by atoms with Crippen molar-refractivity contribution in [1.29, 1.82) is 0 Å². The molecule has 0 atom stereocenters. The monoisotopic (exact) mass is 508 g/mol. The third-order valence-corrected chi connectivity index (χ3v) is 6.40. The summed E-state index contributed by atoms with van der Waals surface area (Å²) in [5.41, 5.74) is 6.96. The minimum absolute atomic E-state index is 0.877. The van der Waals surface area contributed by atoms with Crippen LogP contribution in [0.1, 0.15) is 116 Å². The summed E-state index contributed by atoms with van der Waals surface area (Å²) >= 11 is 0. The number of aryl methyl sites for hydroxylation is 2. The molecular formula is C36H48N2. The second-order valence-corrected chi connectivity index (χ2v) is 9.79. The average molecular weight is 509 g/mol. The van der Waals surface area contributed by atoms with Gasteiger partial charge in [0.2, 0.25) is 0 Å². The molecule has 0 aliphatic heterocycles. The zero-order chi connectivity index (χ0) is 27.3. The zero-order valence-corrected chi connectivity index (χ0v) is 24.4. The van der Waals surface area contributed by atoms with E-state index in [1.54, 1.807) is 0 Å². The van der Waals surface area contributed by atoms with Gasteiger partial charge in [0, 0.05) is 25.7 Å². The van der Waals surface area contributed by atoms with Gasteiger partial charge in [0.25, 0.3) is 0 Å². The van der Waals surface area contributed by atoms with E-state index in [2.05, 4.69) is 99.9 Å². The molecule has 0 fully saturated rings. The Labute approximate surface area is 233 Å². The van der Waals surface area contributed by atoms with E-state index in [0.29, 0.717) is 0 Å². The zero-order valence-electron chi connectivity index (χ0n) is 24.4. The third kappa shape index (κ3) is 12.0. The standard InChI is InChI=1S/C36H48N2/c1-5-9-13-15-17-23-31-25-19-21-29-33(31)37-35(27-11-7-3)36(28-12-8-4)38-34-30-22-20-26-32(34)24-18-16-14-10-6-2/h19-22,25-26,29-30H,5-12,17-18,23-24,27-28H2,1-4H3. The number of hydrogen-bond acceptors (Lipinski definition) is 2. The maximum Gasteiger partial charge on any atom is 0.0666 e. The van der Waals surface area contributed by atoms with Gasteiger partial charge in [-0.2, -0.15) is 0 Å². The maximum absolute atomic E-state index is 5.30. The van der Waals surface area contributed by atoms with Crippen molar-refractivity contribution in [3.8, 4) is 23.7 Å². The van der Waals surface area contributed by atoms with Crippen LogP contribution in [-0.4, -0.2) is 11.4 Å². The van der Waals surface area contributed by atoms with E-state index >= 15 is 0 Å². The van der Waals surface area contributed by atoms with E-state index in [1.807, 2.05) is 0 Å². The van der Waals surface area contributed by atoms with Gasteiger partial charge in [-0.25, -0.2) is 0 Å². The van der Waals surface area contributed by atoms with Crippen molar-refractivity contribution in [2.45, 2.75) is 118 Å². The Balaban J connectivity index is 2.43. The van der Waals surface area contributed by atoms with Crippen LogP contribution in [0, 0.1) is 23.7 Å². The second-order valence-electron chi connectivity index (χ2n) is 9.79. The predicted molar refractivity (Wildman–Crippen MR) is 168 cm³/mol. The lowest BCUT2D eigenvalue weighted by atomic mass is 10.0. The minimum Gasteiger partial charge on any atom is -0.251 e. The van der Waals surface area contributed by atoms with Crippen LogP contribution < -0.4 is 0 Å². The van der Waals surface area contributed by atoms with Gasteiger partial charge in [-0.1, -0.05) is 76.9 Å². The third-order valence-electron chi connectivity index (χ3n) is 6.40. The topological polar surface area (TPSA) is 24.7 Å². The lowest BCUT2D eigenvalue weighted by Crippen LogP contribution is -2.14. The SMILES string of the molecule is CCCC#CCCc1ccccc1N=C(CCCC)C(CCCC)=Nc1ccccc1CCC#CCCC. The lowest BCUT2D eigenvalue weighted by Gasteiger charge is -2.13. The maximum atomic E-state index is 5.30. The molecule has 202 valence electrons. The number of rotatable bonds is 15. The summed E-state index contributed by atoms with van der Waals surface area (Å²) in [6, 6.07) is 17.1. The molecule has 0 N–H and O–H groups in total. The molecule has 2 aromatic carbocycles. The van der Waals surface area contributed by atoms with Crippen molar-refractivity contribution in [1.82, 2.24) is 0 Å². The Bertz CT molecular complexity index is 1040. The lowest BCUT2D eigenvalue weighted by molar-refractivity contribution is 0.824. The van der Waals surface area contributed by atoms with Gasteiger partial charge in [0.15, 0.2) is 0 Å². The molecule has 0 aliphatic rings. The van der Waals surface area contributed by atoms with Gasteiger partial charge < -0.3 is 0 Å². The van der Waals surface area contributed by atoms with Crippen LogP contribution in [-0.2, 0) is 12.8 Å². The average Bonchev–Trinajstić information content (AvgIpc) is 2.94. The van der Waals surface area contributed by atoms with E-state index in [-0.39, 0.29) is 0 Å². The van der Waals surface area contributed by atoms with Crippen molar-refractivity contribution in [2.75, 3.05) is 0 Å². The number of hydrogen-bond donors (Lipinski definition) is 0. The fourth-order valence-corrected chi connectivity index (χ4v) is 4.17. The molecule has 2 aromatic rings.